The lowest BCUT2D eigenvalue weighted by Gasteiger charge is -2.22. The van der Waals surface area contributed by atoms with Crippen molar-refractivity contribution in [2.45, 2.75) is 46.0 Å². The minimum atomic E-state index is -4.32. The van der Waals surface area contributed by atoms with Gasteiger partial charge in [0.05, 0.1) is 5.56 Å². The molecule has 20 heavy (non-hydrogen) atoms. The molecule has 0 aliphatic heterocycles. The first-order valence-electron chi connectivity index (χ1n) is 6.90. The van der Waals surface area contributed by atoms with Crippen molar-refractivity contribution in [3.8, 4) is 0 Å². The van der Waals surface area contributed by atoms with Gasteiger partial charge in [0, 0.05) is 31.9 Å². The lowest BCUT2D eigenvalue weighted by atomic mass is 10.0. The van der Waals surface area contributed by atoms with E-state index in [1.165, 1.54) is 6.07 Å². The summed E-state index contributed by atoms with van der Waals surface area (Å²) in [5.74, 6) is 0. The molecule has 5 heteroatoms. The van der Waals surface area contributed by atoms with Gasteiger partial charge >= 0.3 is 6.18 Å². The Morgan fingerprint density at radius 1 is 1.25 bits per heavy atom. The van der Waals surface area contributed by atoms with E-state index < -0.39 is 11.7 Å². The van der Waals surface area contributed by atoms with Crippen LogP contribution in [0.3, 0.4) is 0 Å². The van der Waals surface area contributed by atoms with Crippen molar-refractivity contribution in [2.24, 2.45) is 0 Å². The largest absolute Gasteiger partial charge is 0.416 e. The van der Waals surface area contributed by atoms with Gasteiger partial charge < -0.3 is 10.2 Å². The van der Waals surface area contributed by atoms with Gasteiger partial charge in [0.2, 0.25) is 0 Å². The summed E-state index contributed by atoms with van der Waals surface area (Å²) in [7, 11) is 1.81. The molecule has 0 fully saturated rings. The summed E-state index contributed by atoms with van der Waals surface area (Å²) in [5, 5.41) is 3.03. The van der Waals surface area contributed by atoms with E-state index in [0.29, 0.717) is 11.3 Å². The lowest BCUT2D eigenvalue weighted by Crippen LogP contribution is -2.24. The quantitative estimate of drug-likeness (QED) is 0.849. The molecule has 114 valence electrons. The SMILES string of the molecule is CCCN(C)c1ccc(CNC(C)C)c(C(F)(F)F)c1. The van der Waals surface area contributed by atoms with Crippen molar-refractivity contribution in [2.75, 3.05) is 18.5 Å². The number of halogens is 3. The summed E-state index contributed by atoms with van der Waals surface area (Å²) >= 11 is 0. The Hall–Kier alpha value is -1.23. The fourth-order valence-corrected chi connectivity index (χ4v) is 2.00. The van der Waals surface area contributed by atoms with Crippen LogP contribution in [0.15, 0.2) is 18.2 Å². The van der Waals surface area contributed by atoms with Gasteiger partial charge in [-0.1, -0.05) is 26.8 Å². The second kappa shape index (κ2) is 6.97. The Morgan fingerprint density at radius 3 is 2.40 bits per heavy atom. The average Bonchev–Trinajstić information content (AvgIpc) is 2.35. The molecule has 0 saturated heterocycles. The number of nitrogens with zero attached hydrogens (tertiary/aromatic N) is 1. The number of anilines is 1. The minimum Gasteiger partial charge on any atom is -0.375 e. The van der Waals surface area contributed by atoms with Gasteiger partial charge in [0.25, 0.3) is 0 Å². The first kappa shape index (κ1) is 16.8. The van der Waals surface area contributed by atoms with Gasteiger partial charge in [-0.15, -0.1) is 0 Å². The number of nitrogens with one attached hydrogen (secondary N) is 1. The molecule has 0 heterocycles. The molecule has 0 radical (unpaired) electrons. The van der Waals surface area contributed by atoms with Gasteiger partial charge in [-0.3, -0.25) is 0 Å². The van der Waals surface area contributed by atoms with Gasteiger partial charge in [0.1, 0.15) is 0 Å². The van der Waals surface area contributed by atoms with E-state index in [-0.39, 0.29) is 12.6 Å². The number of hydrogen-bond donors (Lipinski definition) is 1. The third-order valence-electron chi connectivity index (χ3n) is 3.10. The number of rotatable bonds is 6. The van der Waals surface area contributed by atoms with Crippen LogP contribution in [0.2, 0.25) is 0 Å². The first-order chi connectivity index (χ1) is 9.25. The second-order valence-corrected chi connectivity index (χ2v) is 5.30. The van der Waals surface area contributed by atoms with E-state index in [0.717, 1.165) is 13.0 Å². The maximum absolute atomic E-state index is 13.2. The molecule has 1 aromatic rings. The van der Waals surface area contributed by atoms with Crippen LogP contribution in [0.25, 0.3) is 0 Å². The molecule has 0 aromatic heterocycles. The third kappa shape index (κ3) is 4.71. The van der Waals surface area contributed by atoms with Crippen LogP contribution in [0.5, 0.6) is 0 Å². The predicted molar refractivity (Wildman–Crippen MR) is 77.0 cm³/mol. The molecule has 1 rings (SSSR count). The number of hydrogen-bond acceptors (Lipinski definition) is 2. The van der Waals surface area contributed by atoms with E-state index >= 15 is 0 Å². The zero-order valence-electron chi connectivity index (χ0n) is 12.5. The van der Waals surface area contributed by atoms with E-state index in [2.05, 4.69) is 5.32 Å². The number of benzene rings is 1. The Labute approximate surface area is 119 Å². The molecule has 0 aliphatic rings. The van der Waals surface area contributed by atoms with E-state index in [1.807, 2.05) is 32.7 Å². The van der Waals surface area contributed by atoms with Crippen LogP contribution >= 0.6 is 0 Å². The van der Waals surface area contributed by atoms with E-state index in [1.54, 1.807) is 12.1 Å². The molecule has 0 atom stereocenters. The van der Waals surface area contributed by atoms with Crippen molar-refractivity contribution in [3.05, 3.63) is 29.3 Å². The van der Waals surface area contributed by atoms with Gasteiger partial charge in [-0.2, -0.15) is 13.2 Å². The zero-order valence-corrected chi connectivity index (χ0v) is 12.5. The molecule has 0 unspecified atom stereocenters. The summed E-state index contributed by atoms with van der Waals surface area (Å²) < 4.78 is 39.5. The standard InChI is InChI=1S/C15H23F3N2/c1-5-8-20(4)13-7-6-12(10-19-11(2)3)14(9-13)15(16,17)18/h6-7,9,11,19H,5,8,10H2,1-4H3. The maximum atomic E-state index is 13.2. The molecular weight excluding hydrogens is 265 g/mol. The molecule has 0 aliphatic carbocycles. The second-order valence-electron chi connectivity index (χ2n) is 5.30. The Kier molecular flexibility index (Phi) is 5.87. The van der Waals surface area contributed by atoms with Crippen LogP contribution < -0.4 is 10.2 Å². The lowest BCUT2D eigenvalue weighted by molar-refractivity contribution is -0.138. The highest BCUT2D eigenvalue weighted by Gasteiger charge is 2.33. The van der Waals surface area contributed by atoms with Gasteiger partial charge in [-0.25, -0.2) is 0 Å². The Bertz CT molecular complexity index is 428. The zero-order chi connectivity index (χ0) is 15.3. The molecule has 1 N–H and O–H groups in total. The highest BCUT2D eigenvalue weighted by Crippen LogP contribution is 2.34. The monoisotopic (exact) mass is 288 g/mol. The molecule has 0 spiro atoms. The maximum Gasteiger partial charge on any atom is 0.416 e. The van der Waals surface area contributed by atoms with E-state index in [4.69, 9.17) is 0 Å². The molecule has 2 nitrogen and oxygen atoms in total. The van der Waals surface area contributed by atoms with Crippen molar-refractivity contribution < 1.29 is 13.2 Å². The number of alkyl halides is 3. The van der Waals surface area contributed by atoms with Crippen molar-refractivity contribution in [1.82, 2.24) is 5.32 Å². The summed E-state index contributed by atoms with van der Waals surface area (Å²) in [4.78, 5) is 1.84. The van der Waals surface area contributed by atoms with Gasteiger partial charge in [-0.05, 0) is 24.1 Å². The molecule has 0 bridgehead atoms. The topological polar surface area (TPSA) is 15.3 Å². The summed E-state index contributed by atoms with van der Waals surface area (Å²) in [6.07, 6.45) is -3.43. The predicted octanol–water partition coefficient (Wildman–Crippen LogP) is 4.05. The van der Waals surface area contributed by atoms with E-state index in [9.17, 15) is 13.2 Å². The van der Waals surface area contributed by atoms with Gasteiger partial charge in [0.15, 0.2) is 0 Å². The smallest absolute Gasteiger partial charge is 0.375 e. The summed E-state index contributed by atoms with van der Waals surface area (Å²) in [5.41, 5.74) is 0.346. The Morgan fingerprint density at radius 2 is 1.90 bits per heavy atom. The molecule has 0 amide bonds. The van der Waals surface area contributed by atoms with Crippen LogP contribution in [0, 0.1) is 0 Å². The fraction of sp³-hybridized carbons (Fsp3) is 0.600. The highest BCUT2D eigenvalue weighted by molar-refractivity contribution is 5.51. The normalized spacial score (nSPS) is 12.0. The molecule has 0 saturated carbocycles. The fourth-order valence-electron chi connectivity index (χ4n) is 2.00. The summed E-state index contributed by atoms with van der Waals surface area (Å²) in [6, 6.07) is 4.72. The van der Waals surface area contributed by atoms with Crippen molar-refractivity contribution in [3.63, 3.8) is 0 Å². The molecular formula is C15H23F3N2. The Balaban J connectivity index is 3.07. The third-order valence-corrected chi connectivity index (χ3v) is 3.10. The van der Waals surface area contributed by atoms with Crippen LogP contribution in [-0.4, -0.2) is 19.6 Å². The molecule has 1 aromatic carbocycles. The van der Waals surface area contributed by atoms with Crippen molar-refractivity contribution >= 4 is 5.69 Å². The summed E-state index contributed by atoms with van der Waals surface area (Å²) in [6.45, 7) is 6.79. The van der Waals surface area contributed by atoms with Crippen LogP contribution in [0.1, 0.15) is 38.3 Å². The highest BCUT2D eigenvalue weighted by atomic mass is 19.4. The average molecular weight is 288 g/mol. The minimum absolute atomic E-state index is 0.151. The first-order valence-corrected chi connectivity index (χ1v) is 6.90. The van der Waals surface area contributed by atoms with Crippen molar-refractivity contribution in [1.29, 1.82) is 0 Å². The van der Waals surface area contributed by atoms with Crippen LogP contribution in [-0.2, 0) is 12.7 Å². The van der Waals surface area contributed by atoms with Crippen LogP contribution in [0.4, 0.5) is 18.9 Å².